The van der Waals surface area contributed by atoms with Gasteiger partial charge >= 0.3 is 6.09 Å². The second-order valence-corrected chi connectivity index (χ2v) is 13.6. The zero-order chi connectivity index (χ0) is 33.4. The van der Waals surface area contributed by atoms with Crippen molar-refractivity contribution in [3.8, 4) is 17.0 Å². The number of methoxy groups -OCH3 is 1. The second-order valence-electron chi connectivity index (χ2n) is 13.2. The van der Waals surface area contributed by atoms with Gasteiger partial charge in [0, 0.05) is 54.3 Å². The minimum absolute atomic E-state index is 0.130. The number of amides is 1. The Bertz CT molecular complexity index is 1790. The summed E-state index contributed by atoms with van der Waals surface area (Å²) in [5.74, 6) is 0.407. The standard InChI is InChI=1S/C34H41ClFN7O3/c1-20-14-29(45-7)38-17-24(20)21-15-28-30(41-34(5,6)22-10-12-42(13-11-22)32(44)46-33(2,3)4)25(18-39-43(28)19-21)31(37)40-27-16-23(36)8-9-26(27)35/h8-9,14-19,22,41H,10-13H2,1-7H3,(H2,37,40). The third-order valence-electron chi connectivity index (χ3n) is 8.28. The van der Waals surface area contributed by atoms with E-state index in [0.717, 1.165) is 35.0 Å². The number of hydrogen-bond donors (Lipinski definition) is 2. The van der Waals surface area contributed by atoms with Gasteiger partial charge in [0.15, 0.2) is 0 Å². The molecule has 1 fully saturated rings. The molecule has 1 aliphatic heterocycles. The Kier molecular flexibility index (Phi) is 9.17. The Morgan fingerprint density at radius 1 is 1.13 bits per heavy atom. The third-order valence-corrected chi connectivity index (χ3v) is 8.60. The first kappa shape index (κ1) is 33.0. The van der Waals surface area contributed by atoms with Gasteiger partial charge in [0.1, 0.15) is 17.3 Å². The SMILES string of the molecule is COc1cc(C)c(-c2cc3c(NC(C)(C)C4CCN(C(=O)OC(C)(C)C)CC4)c(C(N)=Nc4cc(F)ccc4Cl)cnn3c2)cn1. The number of aromatic nitrogens is 3. The van der Waals surface area contributed by atoms with Crippen molar-refractivity contribution in [1.82, 2.24) is 19.5 Å². The van der Waals surface area contributed by atoms with Crippen LogP contribution in [0.25, 0.3) is 16.6 Å². The van der Waals surface area contributed by atoms with Crippen LogP contribution in [-0.2, 0) is 4.74 Å². The molecular weight excluding hydrogens is 609 g/mol. The molecule has 0 atom stereocenters. The number of benzene rings is 1. The maximum absolute atomic E-state index is 14.1. The number of halogens is 2. The minimum Gasteiger partial charge on any atom is -0.481 e. The summed E-state index contributed by atoms with van der Waals surface area (Å²) in [6.07, 6.45) is 6.62. The second kappa shape index (κ2) is 12.8. The number of carbonyl (C=O) groups is 1. The molecule has 12 heteroatoms. The average molecular weight is 650 g/mol. The van der Waals surface area contributed by atoms with E-state index < -0.39 is 17.0 Å². The van der Waals surface area contributed by atoms with Gasteiger partial charge in [-0.2, -0.15) is 5.10 Å². The first-order chi connectivity index (χ1) is 21.6. The highest BCUT2D eigenvalue weighted by molar-refractivity contribution is 6.33. The molecule has 0 spiro atoms. The molecule has 46 heavy (non-hydrogen) atoms. The van der Waals surface area contributed by atoms with Crippen molar-refractivity contribution in [3.63, 3.8) is 0 Å². The predicted molar refractivity (Wildman–Crippen MR) is 180 cm³/mol. The van der Waals surface area contributed by atoms with E-state index >= 15 is 0 Å². The van der Waals surface area contributed by atoms with Crippen LogP contribution in [0.2, 0.25) is 5.02 Å². The normalized spacial score (nSPS) is 14.9. The molecule has 10 nitrogen and oxygen atoms in total. The number of rotatable bonds is 7. The molecule has 1 amide bonds. The van der Waals surface area contributed by atoms with E-state index in [-0.39, 0.29) is 28.6 Å². The predicted octanol–water partition coefficient (Wildman–Crippen LogP) is 7.38. The summed E-state index contributed by atoms with van der Waals surface area (Å²) in [7, 11) is 1.59. The fourth-order valence-corrected chi connectivity index (χ4v) is 5.93. The number of carbonyl (C=O) groups excluding carboxylic acids is 1. The lowest BCUT2D eigenvalue weighted by Crippen LogP contribution is -2.48. The van der Waals surface area contributed by atoms with E-state index in [1.165, 1.54) is 18.2 Å². The topological polar surface area (TPSA) is 119 Å². The fraction of sp³-hybridized carbons (Fsp3) is 0.412. The van der Waals surface area contributed by atoms with Gasteiger partial charge < -0.3 is 25.4 Å². The molecule has 1 aliphatic rings. The Balaban J connectivity index is 1.53. The highest BCUT2D eigenvalue weighted by Gasteiger charge is 2.36. The van der Waals surface area contributed by atoms with Gasteiger partial charge in [-0.1, -0.05) is 11.6 Å². The minimum atomic E-state index is -0.550. The van der Waals surface area contributed by atoms with Crippen LogP contribution in [-0.4, -0.2) is 62.8 Å². The zero-order valence-corrected chi connectivity index (χ0v) is 28.1. The smallest absolute Gasteiger partial charge is 0.410 e. The largest absolute Gasteiger partial charge is 0.481 e. The number of fused-ring (bicyclic) bond motifs is 1. The summed E-state index contributed by atoms with van der Waals surface area (Å²) in [6.45, 7) is 13.1. The van der Waals surface area contributed by atoms with Gasteiger partial charge in [-0.3, -0.25) is 0 Å². The van der Waals surface area contributed by atoms with Crippen LogP contribution in [0.1, 0.15) is 58.6 Å². The Morgan fingerprint density at radius 3 is 2.50 bits per heavy atom. The molecule has 0 saturated carbocycles. The van der Waals surface area contributed by atoms with E-state index in [1.807, 2.05) is 46.0 Å². The summed E-state index contributed by atoms with van der Waals surface area (Å²) in [5.41, 5.74) is 10.7. The van der Waals surface area contributed by atoms with Crippen molar-refractivity contribution in [2.75, 3.05) is 25.5 Å². The quantitative estimate of drug-likeness (QED) is 0.158. The molecule has 244 valence electrons. The molecule has 3 N–H and O–H groups in total. The zero-order valence-electron chi connectivity index (χ0n) is 27.3. The van der Waals surface area contributed by atoms with Crippen molar-refractivity contribution >= 4 is 40.4 Å². The molecule has 0 aliphatic carbocycles. The molecular formula is C34H41ClFN7O3. The Morgan fingerprint density at radius 2 is 1.85 bits per heavy atom. The summed E-state index contributed by atoms with van der Waals surface area (Å²) in [5, 5.41) is 8.71. The molecule has 0 bridgehead atoms. The summed E-state index contributed by atoms with van der Waals surface area (Å²) in [4.78, 5) is 23.4. The van der Waals surface area contributed by atoms with Crippen LogP contribution >= 0.6 is 11.6 Å². The summed E-state index contributed by atoms with van der Waals surface area (Å²) >= 11 is 6.33. The number of ether oxygens (including phenoxy) is 2. The number of hydrogen-bond acceptors (Lipinski definition) is 7. The first-order valence-corrected chi connectivity index (χ1v) is 15.6. The van der Waals surface area contributed by atoms with Crippen molar-refractivity contribution in [1.29, 1.82) is 0 Å². The highest BCUT2D eigenvalue weighted by Crippen LogP contribution is 2.37. The lowest BCUT2D eigenvalue weighted by molar-refractivity contribution is 0.0162. The summed E-state index contributed by atoms with van der Waals surface area (Å²) in [6, 6.07) is 7.87. The molecule has 5 rings (SSSR count). The van der Waals surface area contributed by atoms with Gasteiger partial charge in [0.2, 0.25) is 5.88 Å². The molecule has 1 saturated heterocycles. The van der Waals surface area contributed by atoms with Crippen LogP contribution in [0.3, 0.4) is 0 Å². The number of anilines is 1. The van der Waals surface area contributed by atoms with Crippen LogP contribution < -0.4 is 15.8 Å². The monoisotopic (exact) mass is 649 g/mol. The number of likely N-dealkylation sites (tertiary alicyclic amines) is 1. The number of nitrogens with one attached hydrogen (secondary N) is 1. The van der Waals surface area contributed by atoms with Crippen LogP contribution in [0.4, 0.5) is 20.6 Å². The van der Waals surface area contributed by atoms with Crippen LogP contribution in [0.5, 0.6) is 5.88 Å². The number of piperidine rings is 1. The third kappa shape index (κ3) is 7.20. The molecule has 4 aromatic rings. The lowest BCUT2D eigenvalue weighted by atomic mass is 9.80. The van der Waals surface area contributed by atoms with E-state index in [1.54, 1.807) is 28.9 Å². The average Bonchev–Trinajstić information content (AvgIpc) is 3.43. The number of aliphatic imine (C=N–C) groups is 1. The number of nitrogens with zero attached hydrogens (tertiary/aromatic N) is 5. The lowest BCUT2D eigenvalue weighted by Gasteiger charge is -2.42. The van der Waals surface area contributed by atoms with Crippen molar-refractivity contribution in [2.45, 2.75) is 65.5 Å². The number of aryl methyl sites for hydroxylation is 1. The van der Waals surface area contributed by atoms with E-state index in [9.17, 15) is 9.18 Å². The van der Waals surface area contributed by atoms with Crippen LogP contribution in [0.15, 0.2) is 53.9 Å². The van der Waals surface area contributed by atoms with Gasteiger partial charge in [0.25, 0.3) is 0 Å². The number of amidine groups is 1. The Hall–Kier alpha value is -4.38. The van der Waals surface area contributed by atoms with Gasteiger partial charge in [-0.05, 0) is 84.1 Å². The van der Waals surface area contributed by atoms with Crippen molar-refractivity contribution in [3.05, 3.63) is 70.9 Å². The van der Waals surface area contributed by atoms with Crippen molar-refractivity contribution in [2.24, 2.45) is 16.6 Å². The van der Waals surface area contributed by atoms with Crippen LogP contribution in [0, 0.1) is 18.7 Å². The molecule has 4 heterocycles. The highest BCUT2D eigenvalue weighted by atomic mass is 35.5. The molecule has 0 radical (unpaired) electrons. The van der Waals surface area contributed by atoms with Crippen molar-refractivity contribution < 1.29 is 18.7 Å². The maximum atomic E-state index is 14.1. The molecule has 0 unspecified atom stereocenters. The molecule has 3 aromatic heterocycles. The van der Waals surface area contributed by atoms with E-state index in [0.29, 0.717) is 30.2 Å². The Labute approximate surface area is 273 Å². The van der Waals surface area contributed by atoms with E-state index in [4.69, 9.17) is 26.8 Å². The number of nitrogens with two attached hydrogens (primary N) is 1. The van der Waals surface area contributed by atoms with Gasteiger partial charge in [0.05, 0.1) is 40.8 Å². The summed E-state index contributed by atoms with van der Waals surface area (Å²) < 4.78 is 26.8. The van der Waals surface area contributed by atoms with E-state index in [2.05, 4.69) is 34.2 Å². The van der Waals surface area contributed by atoms with Gasteiger partial charge in [-0.25, -0.2) is 23.7 Å². The first-order valence-electron chi connectivity index (χ1n) is 15.2. The fourth-order valence-electron chi connectivity index (χ4n) is 5.77. The van der Waals surface area contributed by atoms with Gasteiger partial charge in [-0.15, -0.1) is 0 Å². The number of pyridine rings is 1. The maximum Gasteiger partial charge on any atom is 0.410 e. The molecule has 1 aromatic carbocycles.